The van der Waals surface area contributed by atoms with E-state index < -0.39 is 6.04 Å². The molecule has 3 N–H and O–H groups in total. The Hall–Kier alpha value is -2.42. The van der Waals surface area contributed by atoms with Crippen molar-refractivity contribution in [3.63, 3.8) is 0 Å². The van der Waals surface area contributed by atoms with Crippen LogP contribution in [0.1, 0.15) is 45.6 Å². The van der Waals surface area contributed by atoms with Crippen molar-refractivity contribution in [1.82, 2.24) is 15.5 Å². The fourth-order valence-corrected chi connectivity index (χ4v) is 5.18. The number of amides is 2. The summed E-state index contributed by atoms with van der Waals surface area (Å²) in [6.45, 7) is 6.74. The average Bonchev–Trinajstić information content (AvgIpc) is 3.21. The van der Waals surface area contributed by atoms with E-state index in [1.165, 1.54) is 11.3 Å². The number of thiophene rings is 1. The Balaban J connectivity index is 1.40. The summed E-state index contributed by atoms with van der Waals surface area (Å²) in [7, 11) is 0. The molecule has 0 saturated carbocycles. The first-order valence-corrected chi connectivity index (χ1v) is 11.7. The first-order valence-electron chi connectivity index (χ1n) is 10.0. The third kappa shape index (κ3) is 4.61. The standard InChI is InChI=1S/C22H23ClN4O2S2/c1-12-6-7-14(8-17(12)23)26-22(30)24-9-19-15-10-27(21(29)16(15)11-31-19)18-5-3-4-13(2)25-20(18)28/h6-8,11,18H,2-5,9-10H2,1H3,(H,25,28)(H2,24,26,30)/t18-/m0/s1. The van der Waals surface area contributed by atoms with Crippen molar-refractivity contribution in [2.24, 2.45) is 0 Å². The second-order valence-corrected chi connectivity index (χ2v) is 9.54. The van der Waals surface area contributed by atoms with Crippen molar-refractivity contribution in [2.75, 3.05) is 5.32 Å². The molecular weight excluding hydrogens is 452 g/mol. The molecule has 1 fully saturated rings. The Labute approximate surface area is 195 Å². The summed E-state index contributed by atoms with van der Waals surface area (Å²) in [5, 5.41) is 12.2. The first-order chi connectivity index (χ1) is 14.8. The van der Waals surface area contributed by atoms with Crippen LogP contribution in [0.15, 0.2) is 35.9 Å². The minimum absolute atomic E-state index is 0.0832. The molecule has 31 heavy (non-hydrogen) atoms. The molecule has 0 bridgehead atoms. The van der Waals surface area contributed by atoms with Gasteiger partial charge in [-0.3, -0.25) is 9.59 Å². The van der Waals surface area contributed by atoms with E-state index in [9.17, 15) is 9.59 Å². The quantitative estimate of drug-likeness (QED) is 0.575. The number of thiocarbonyl (C=S) groups is 1. The van der Waals surface area contributed by atoms with Crippen LogP contribution >= 0.6 is 35.2 Å². The van der Waals surface area contributed by atoms with Crippen molar-refractivity contribution in [3.8, 4) is 0 Å². The molecule has 6 nitrogen and oxygen atoms in total. The van der Waals surface area contributed by atoms with Crippen LogP contribution in [0, 0.1) is 6.92 Å². The molecule has 2 aliphatic rings. The number of hydrogen-bond acceptors (Lipinski definition) is 4. The molecule has 1 aromatic heterocycles. The number of carbonyl (C=O) groups excluding carboxylic acids is 2. The molecule has 2 amide bonds. The predicted octanol–water partition coefficient (Wildman–Crippen LogP) is 4.33. The van der Waals surface area contributed by atoms with Gasteiger partial charge in [0.1, 0.15) is 6.04 Å². The fourth-order valence-electron chi connectivity index (χ4n) is 3.84. The Morgan fingerprint density at radius 2 is 2.23 bits per heavy atom. The highest BCUT2D eigenvalue weighted by molar-refractivity contribution is 7.80. The molecule has 9 heteroatoms. The van der Waals surface area contributed by atoms with E-state index in [1.54, 1.807) is 4.90 Å². The minimum Gasteiger partial charge on any atom is -0.358 e. The number of allylic oxidation sites excluding steroid dienone is 1. The van der Waals surface area contributed by atoms with E-state index >= 15 is 0 Å². The average molecular weight is 475 g/mol. The molecule has 4 rings (SSSR count). The number of nitrogens with zero attached hydrogens (tertiary/aromatic N) is 1. The van der Waals surface area contributed by atoms with E-state index in [4.69, 9.17) is 23.8 Å². The molecule has 0 radical (unpaired) electrons. The van der Waals surface area contributed by atoms with Gasteiger partial charge >= 0.3 is 0 Å². The molecule has 162 valence electrons. The van der Waals surface area contributed by atoms with Gasteiger partial charge in [0.15, 0.2) is 5.11 Å². The van der Waals surface area contributed by atoms with Crippen molar-refractivity contribution in [3.05, 3.63) is 62.4 Å². The van der Waals surface area contributed by atoms with E-state index in [-0.39, 0.29) is 11.8 Å². The molecule has 0 unspecified atom stereocenters. The molecular formula is C22H23ClN4O2S2. The van der Waals surface area contributed by atoms with Gasteiger partial charge in [0.2, 0.25) is 5.91 Å². The van der Waals surface area contributed by atoms with Crippen molar-refractivity contribution < 1.29 is 9.59 Å². The molecule has 1 saturated heterocycles. The highest BCUT2D eigenvalue weighted by atomic mass is 35.5. The molecule has 1 aromatic carbocycles. The Kier molecular flexibility index (Phi) is 6.31. The highest BCUT2D eigenvalue weighted by Crippen LogP contribution is 2.34. The smallest absolute Gasteiger partial charge is 0.256 e. The highest BCUT2D eigenvalue weighted by Gasteiger charge is 2.38. The van der Waals surface area contributed by atoms with Gasteiger partial charge in [-0.25, -0.2) is 0 Å². The lowest BCUT2D eigenvalue weighted by Crippen LogP contribution is -2.45. The van der Waals surface area contributed by atoms with Gasteiger partial charge in [-0.15, -0.1) is 11.3 Å². The monoisotopic (exact) mass is 474 g/mol. The van der Waals surface area contributed by atoms with Gasteiger partial charge in [-0.1, -0.05) is 24.2 Å². The van der Waals surface area contributed by atoms with E-state index in [0.717, 1.165) is 34.5 Å². The maximum Gasteiger partial charge on any atom is 0.256 e. The number of aryl methyl sites for hydroxylation is 1. The number of nitrogens with one attached hydrogen (secondary N) is 3. The summed E-state index contributed by atoms with van der Waals surface area (Å²) < 4.78 is 0. The number of carbonyl (C=O) groups is 2. The number of benzene rings is 1. The van der Waals surface area contributed by atoms with Gasteiger partial charge in [0.25, 0.3) is 5.91 Å². The Morgan fingerprint density at radius 1 is 1.42 bits per heavy atom. The Morgan fingerprint density at radius 3 is 3.00 bits per heavy atom. The number of rotatable bonds is 4. The third-order valence-electron chi connectivity index (χ3n) is 5.57. The molecule has 2 aliphatic heterocycles. The van der Waals surface area contributed by atoms with Crippen LogP contribution in [0.2, 0.25) is 5.02 Å². The minimum atomic E-state index is -0.459. The van der Waals surface area contributed by atoms with Crippen molar-refractivity contribution >= 4 is 57.8 Å². The number of halogens is 1. The second kappa shape index (κ2) is 8.98. The molecule has 0 spiro atoms. The van der Waals surface area contributed by atoms with Gasteiger partial charge < -0.3 is 20.9 Å². The second-order valence-electron chi connectivity index (χ2n) is 7.76. The third-order valence-corrected chi connectivity index (χ3v) is 7.26. The van der Waals surface area contributed by atoms with Crippen LogP contribution in [0.3, 0.4) is 0 Å². The SMILES string of the molecule is C=C1CCC[C@H](N2Cc3c(csc3CNC(=S)Nc3ccc(C)c(Cl)c3)C2=O)C(=O)N1. The largest absolute Gasteiger partial charge is 0.358 e. The summed E-state index contributed by atoms with van der Waals surface area (Å²) in [5.41, 5.74) is 4.18. The summed E-state index contributed by atoms with van der Waals surface area (Å²) in [6.07, 6.45) is 2.22. The lowest BCUT2D eigenvalue weighted by molar-refractivity contribution is -0.124. The molecule has 0 aliphatic carbocycles. The van der Waals surface area contributed by atoms with Gasteiger partial charge in [0.05, 0.1) is 12.1 Å². The van der Waals surface area contributed by atoms with Crippen molar-refractivity contribution in [1.29, 1.82) is 0 Å². The van der Waals surface area contributed by atoms with Crippen LogP contribution in [0.25, 0.3) is 0 Å². The Bertz CT molecular complexity index is 1080. The van der Waals surface area contributed by atoms with Gasteiger partial charge in [-0.2, -0.15) is 0 Å². The van der Waals surface area contributed by atoms with E-state index in [2.05, 4.69) is 22.5 Å². The summed E-state index contributed by atoms with van der Waals surface area (Å²) >= 11 is 13.1. The van der Waals surface area contributed by atoms with E-state index in [1.807, 2.05) is 30.5 Å². The molecule has 3 heterocycles. The maximum absolute atomic E-state index is 12.9. The number of anilines is 1. The van der Waals surface area contributed by atoms with Gasteiger partial charge in [0, 0.05) is 33.2 Å². The first kappa shape index (κ1) is 21.8. The molecule has 2 aromatic rings. The fraction of sp³-hybridized carbons (Fsp3) is 0.318. The number of fused-ring (bicyclic) bond motifs is 1. The van der Waals surface area contributed by atoms with Crippen molar-refractivity contribution in [2.45, 2.75) is 45.3 Å². The summed E-state index contributed by atoms with van der Waals surface area (Å²) in [6, 6.07) is 5.22. The van der Waals surface area contributed by atoms with Crippen LogP contribution in [-0.4, -0.2) is 27.9 Å². The van der Waals surface area contributed by atoms with Crippen LogP contribution in [0.4, 0.5) is 5.69 Å². The molecule has 1 atom stereocenters. The zero-order valence-corrected chi connectivity index (χ0v) is 19.5. The normalized spacial score (nSPS) is 18.5. The van der Waals surface area contributed by atoms with Gasteiger partial charge in [-0.05, 0) is 61.7 Å². The maximum atomic E-state index is 12.9. The summed E-state index contributed by atoms with van der Waals surface area (Å²) in [5.74, 6) is -0.230. The lowest BCUT2D eigenvalue weighted by Gasteiger charge is -2.25. The number of hydrogen-bond donors (Lipinski definition) is 3. The zero-order valence-electron chi connectivity index (χ0n) is 17.1. The van der Waals surface area contributed by atoms with Crippen LogP contribution in [0.5, 0.6) is 0 Å². The summed E-state index contributed by atoms with van der Waals surface area (Å²) in [4.78, 5) is 28.2. The zero-order chi connectivity index (χ0) is 22.1. The predicted molar refractivity (Wildman–Crippen MR) is 128 cm³/mol. The topological polar surface area (TPSA) is 73.5 Å². The van der Waals surface area contributed by atoms with E-state index in [0.29, 0.717) is 40.9 Å². The lowest BCUT2D eigenvalue weighted by atomic mass is 10.1. The van der Waals surface area contributed by atoms with Crippen LogP contribution in [-0.2, 0) is 17.9 Å². The van der Waals surface area contributed by atoms with Crippen LogP contribution < -0.4 is 16.0 Å².